The molecule has 4 aromatic rings. The summed E-state index contributed by atoms with van der Waals surface area (Å²) in [6.07, 6.45) is 2.21. The van der Waals surface area contributed by atoms with Crippen molar-refractivity contribution in [3.05, 3.63) is 78.6 Å². The summed E-state index contributed by atoms with van der Waals surface area (Å²) in [6, 6.07) is 8.35. The lowest BCUT2D eigenvalue weighted by Crippen LogP contribution is -2.17. The van der Waals surface area contributed by atoms with E-state index >= 15 is 0 Å². The number of pyridine rings is 3. The Morgan fingerprint density at radius 1 is 1.03 bits per heavy atom. The maximum atomic E-state index is 13.6. The van der Waals surface area contributed by atoms with Gasteiger partial charge in [0.15, 0.2) is 0 Å². The molecule has 0 saturated carbocycles. The van der Waals surface area contributed by atoms with Gasteiger partial charge in [-0.1, -0.05) is 11.5 Å². The summed E-state index contributed by atoms with van der Waals surface area (Å²) < 4.78 is 41.4. The molecule has 0 saturated heterocycles. The molecule has 0 aliphatic carbocycles. The molecule has 152 valence electrons. The molecule has 0 atom stereocenters. The second kappa shape index (κ2) is 8.02. The number of amides is 1. The first-order valence-electron chi connectivity index (χ1n) is 8.87. The lowest BCUT2D eigenvalue weighted by molar-refractivity contribution is -0.142. The molecule has 7 nitrogen and oxygen atoms in total. The third-order valence-electron chi connectivity index (χ3n) is 4.21. The average molecular weight is 420 g/mol. The highest BCUT2D eigenvalue weighted by atomic mass is 19.4. The Hall–Kier alpha value is -4.02. The first-order chi connectivity index (χ1) is 14.8. The van der Waals surface area contributed by atoms with Gasteiger partial charge in [0.25, 0.3) is 5.91 Å². The predicted octanol–water partition coefficient (Wildman–Crippen LogP) is 2.79. The van der Waals surface area contributed by atoms with Gasteiger partial charge in [-0.3, -0.25) is 14.8 Å². The van der Waals surface area contributed by atoms with E-state index < -0.39 is 17.8 Å². The molecule has 0 fully saturated rings. The number of anilines is 1. The van der Waals surface area contributed by atoms with Gasteiger partial charge in [-0.25, -0.2) is 9.67 Å². The van der Waals surface area contributed by atoms with Crippen LogP contribution in [0.4, 0.5) is 19.0 Å². The highest BCUT2D eigenvalue weighted by Crippen LogP contribution is 2.33. The Balaban J connectivity index is 1.63. The standard InChI is InChI=1S/C20H12BF3N6O/c21-14-6-13(9-26-10-14)19(31)28-18-4-3-15(11-27-18)30-17(20(22,23)24)7-16(29-30)12-2-1-5-25-8-12/h1-11H,(H,27,28,31). The zero-order chi connectivity index (χ0) is 22.0. The highest BCUT2D eigenvalue weighted by molar-refractivity contribution is 6.32. The van der Waals surface area contributed by atoms with Gasteiger partial charge in [0.2, 0.25) is 0 Å². The van der Waals surface area contributed by atoms with Crippen LogP contribution in [0, 0.1) is 0 Å². The number of nitrogens with one attached hydrogen (secondary N) is 1. The van der Waals surface area contributed by atoms with E-state index in [4.69, 9.17) is 7.85 Å². The number of hydrogen-bond donors (Lipinski definition) is 1. The molecule has 11 heteroatoms. The van der Waals surface area contributed by atoms with Crippen molar-refractivity contribution in [3.8, 4) is 16.9 Å². The Bertz CT molecular complexity index is 1230. The summed E-state index contributed by atoms with van der Waals surface area (Å²) in [7, 11) is 5.60. The lowest BCUT2D eigenvalue weighted by atomic mass is 9.97. The first-order valence-corrected chi connectivity index (χ1v) is 8.87. The van der Waals surface area contributed by atoms with Gasteiger partial charge in [0, 0.05) is 30.4 Å². The van der Waals surface area contributed by atoms with E-state index in [1.54, 1.807) is 12.1 Å². The maximum Gasteiger partial charge on any atom is 0.433 e. The molecule has 4 rings (SSSR count). The molecule has 0 bridgehead atoms. The number of carbonyl (C=O) groups is 1. The van der Waals surface area contributed by atoms with E-state index in [-0.39, 0.29) is 22.8 Å². The van der Waals surface area contributed by atoms with Crippen LogP contribution in [-0.2, 0) is 6.18 Å². The molecule has 31 heavy (non-hydrogen) atoms. The minimum Gasteiger partial charge on any atom is -0.307 e. The van der Waals surface area contributed by atoms with Crippen molar-refractivity contribution in [2.45, 2.75) is 6.18 Å². The lowest BCUT2D eigenvalue weighted by Gasteiger charge is -2.10. The number of aromatic nitrogens is 5. The molecule has 0 aliphatic rings. The Kier molecular flexibility index (Phi) is 5.24. The molecule has 1 amide bonds. The third-order valence-corrected chi connectivity index (χ3v) is 4.21. The Morgan fingerprint density at radius 3 is 2.52 bits per heavy atom. The number of carbonyl (C=O) groups excluding carboxylic acids is 1. The maximum absolute atomic E-state index is 13.6. The van der Waals surface area contributed by atoms with Crippen LogP contribution >= 0.6 is 0 Å². The van der Waals surface area contributed by atoms with E-state index in [0.29, 0.717) is 11.0 Å². The van der Waals surface area contributed by atoms with Crippen molar-refractivity contribution in [2.24, 2.45) is 0 Å². The van der Waals surface area contributed by atoms with Crippen molar-refractivity contribution < 1.29 is 18.0 Å². The zero-order valence-corrected chi connectivity index (χ0v) is 15.7. The molecule has 1 N–H and O–H groups in total. The number of rotatable bonds is 4. The van der Waals surface area contributed by atoms with Gasteiger partial charge < -0.3 is 5.32 Å². The smallest absolute Gasteiger partial charge is 0.307 e. The van der Waals surface area contributed by atoms with Gasteiger partial charge in [0.05, 0.1) is 23.1 Å². The fourth-order valence-electron chi connectivity index (χ4n) is 2.79. The molecule has 0 aliphatic heterocycles. The van der Waals surface area contributed by atoms with E-state index in [0.717, 1.165) is 10.7 Å². The zero-order valence-electron chi connectivity index (χ0n) is 15.7. The van der Waals surface area contributed by atoms with E-state index in [1.807, 2.05) is 0 Å². The molecule has 0 aromatic carbocycles. The summed E-state index contributed by atoms with van der Waals surface area (Å²) in [5.41, 5.74) is 0.213. The summed E-state index contributed by atoms with van der Waals surface area (Å²) >= 11 is 0. The quantitative estimate of drug-likeness (QED) is 0.514. The number of alkyl halides is 3. The van der Waals surface area contributed by atoms with E-state index in [1.165, 1.54) is 49.2 Å². The molecular weight excluding hydrogens is 408 g/mol. The van der Waals surface area contributed by atoms with E-state index in [2.05, 4.69) is 25.4 Å². The SMILES string of the molecule is [B]c1cncc(C(=O)Nc2ccc(-n3nc(-c4cccnc4)cc3C(F)(F)F)cn2)c1. The fourth-order valence-corrected chi connectivity index (χ4v) is 2.79. The Morgan fingerprint density at radius 2 is 1.87 bits per heavy atom. The van der Waals surface area contributed by atoms with Gasteiger partial charge in [-0.05, 0) is 30.3 Å². The summed E-state index contributed by atoms with van der Waals surface area (Å²) in [5, 5.41) is 6.61. The molecular formula is C20H12BF3N6O. The predicted molar refractivity (Wildman–Crippen MR) is 107 cm³/mol. The Labute approximate surface area is 175 Å². The number of halogens is 3. The molecule has 0 spiro atoms. The minimum atomic E-state index is -4.64. The largest absolute Gasteiger partial charge is 0.433 e. The monoisotopic (exact) mass is 420 g/mol. The van der Waals surface area contributed by atoms with Crippen molar-refractivity contribution >= 4 is 25.0 Å². The first kappa shape index (κ1) is 20.3. The van der Waals surface area contributed by atoms with Gasteiger partial charge in [0.1, 0.15) is 19.4 Å². The van der Waals surface area contributed by atoms with Crippen molar-refractivity contribution in [1.29, 1.82) is 0 Å². The van der Waals surface area contributed by atoms with Gasteiger partial charge in [-0.15, -0.1) is 0 Å². The van der Waals surface area contributed by atoms with Crippen LogP contribution < -0.4 is 10.8 Å². The van der Waals surface area contributed by atoms with Crippen LogP contribution in [-0.4, -0.2) is 38.5 Å². The summed E-state index contributed by atoms with van der Waals surface area (Å²) in [4.78, 5) is 24.0. The minimum absolute atomic E-state index is 0.0751. The topological polar surface area (TPSA) is 85.6 Å². The van der Waals surface area contributed by atoms with Crippen molar-refractivity contribution in [2.75, 3.05) is 5.32 Å². The second-order valence-corrected chi connectivity index (χ2v) is 6.43. The molecule has 4 heterocycles. The van der Waals surface area contributed by atoms with Crippen LogP contribution in [0.5, 0.6) is 0 Å². The third kappa shape index (κ3) is 4.45. The highest BCUT2D eigenvalue weighted by Gasteiger charge is 2.36. The average Bonchev–Trinajstić information content (AvgIpc) is 3.21. The van der Waals surface area contributed by atoms with Crippen molar-refractivity contribution in [3.63, 3.8) is 0 Å². The van der Waals surface area contributed by atoms with Gasteiger partial charge >= 0.3 is 6.18 Å². The van der Waals surface area contributed by atoms with Crippen LogP contribution in [0.25, 0.3) is 16.9 Å². The van der Waals surface area contributed by atoms with Crippen LogP contribution in [0.15, 0.2) is 67.4 Å². The number of hydrogen-bond acceptors (Lipinski definition) is 5. The summed E-state index contributed by atoms with van der Waals surface area (Å²) in [6.45, 7) is 0. The number of nitrogens with zero attached hydrogens (tertiary/aromatic N) is 5. The van der Waals surface area contributed by atoms with Crippen molar-refractivity contribution in [1.82, 2.24) is 24.7 Å². The normalized spacial score (nSPS) is 11.3. The van der Waals surface area contributed by atoms with Crippen LogP contribution in [0.2, 0.25) is 0 Å². The van der Waals surface area contributed by atoms with Gasteiger partial charge in [-0.2, -0.15) is 18.3 Å². The summed E-state index contributed by atoms with van der Waals surface area (Å²) in [5.74, 6) is -0.363. The molecule has 0 unspecified atom stereocenters. The molecule has 4 aromatic heterocycles. The fraction of sp³-hybridized carbons (Fsp3) is 0.0500. The van der Waals surface area contributed by atoms with Crippen LogP contribution in [0.3, 0.4) is 0 Å². The second-order valence-electron chi connectivity index (χ2n) is 6.43. The van der Waals surface area contributed by atoms with E-state index in [9.17, 15) is 18.0 Å². The van der Waals surface area contributed by atoms with Crippen LogP contribution in [0.1, 0.15) is 16.1 Å². The molecule has 2 radical (unpaired) electrons.